The minimum Gasteiger partial charge on any atom is -0.494 e. The van der Waals surface area contributed by atoms with Crippen LogP contribution < -0.4 is 19.9 Å². The largest absolute Gasteiger partial charge is 0.494 e. The van der Waals surface area contributed by atoms with E-state index in [4.69, 9.17) is 14.7 Å². The van der Waals surface area contributed by atoms with Crippen molar-refractivity contribution in [1.82, 2.24) is 25.1 Å². The monoisotopic (exact) mass is 453 g/mol. The van der Waals surface area contributed by atoms with E-state index in [9.17, 15) is 0 Å². The molecule has 1 aliphatic rings. The molecule has 164 valence electrons. The molecule has 0 unspecified atom stereocenters. The Kier molecular flexibility index (Phi) is 8.52. The van der Waals surface area contributed by atoms with Crippen LogP contribution in [0.5, 0.6) is 5.75 Å². The number of nitrogens with zero attached hydrogens (tertiary/aromatic N) is 6. The van der Waals surface area contributed by atoms with Crippen LogP contribution in [0, 0.1) is 0 Å². The molecule has 10 heteroatoms. The van der Waals surface area contributed by atoms with E-state index in [1.807, 2.05) is 48.9 Å². The molecule has 0 radical (unpaired) electrons. The van der Waals surface area contributed by atoms with Crippen molar-refractivity contribution in [2.45, 2.75) is 13.5 Å². The average Bonchev–Trinajstić information content (AvgIpc) is 3.11. The highest BCUT2D eigenvalue weighted by Gasteiger charge is 2.20. The zero-order valence-electron chi connectivity index (χ0n) is 17.5. The average molecular weight is 454 g/mol. The number of halogens is 2. The van der Waals surface area contributed by atoms with Gasteiger partial charge in [-0.15, -0.1) is 24.8 Å². The van der Waals surface area contributed by atoms with Crippen LogP contribution in [0.1, 0.15) is 12.5 Å². The third-order valence-electron chi connectivity index (χ3n) is 4.82. The summed E-state index contributed by atoms with van der Waals surface area (Å²) in [4.78, 5) is 13.9. The van der Waals surface area contributed by atoms with Crippen molar-refractivity contribution in [3.05, 3.63) is 36.0 Å². The van der Waals surface area contributed by atoms with Gasteiger partial charge >= 0.3 is 0 Å². The van der Waals surface area contributed by atoms with Gasteiger partial charge in [0.1, 0.15) is 11.6 Å². The Morgan fingerprint density at radius 2 is 1.90 bits per heavy atom. The maximum Gasteiger partial charge on any atom is 0.228 e. The summed E-state index contributed by atoms with van der Waals surface area (Å²) in [6.45, 7) is 7.06. The number of ether oxygens (including phenoxy) is 1. The van der Waals surface area contributed by atoms with E-state index in [0.29, 0.717) is 19.1 Å². The van der Waals surface area contributed by atoms with E-state index in [-0.39, 0.29) is 24.8 Å². The number of fused-ring (bicyclic) bond motifs is 1. The maximum absolute atomic E-state index is 5.63. The van der Waals surface area contributed by atoms with Gasteiger partial charge in [-0.25, -0.2) is 4.68 Å². The van der Waals surface area contributed by atoms with Gasteiger partial charge in [-0.1, -0.05) is 12.1 Å². The first-order valence-electron chi connectivity index (χ1n) is 9.74. The summed E-state index contributed by atoms with van der Waals surface area (Å²) >= 11 is 0. The number of piperazine rings is 1. The molecule has 30 heavy (non-hydrogen) atoms. The van der Waals surface area contributed by atoms with Gasteiger partial charge in [0.05, 0.1) is 24.7 Å². The van der Waals surface area contributed by atoms with Gasteiger partial charge in [0, 0.05) is 40.3 Å². The normalized spacial score (nSPS) is 13.5. The number of rotatable bonds is 6. The first kappa shape index (κ1) is 24.0. The number of nitrogens with one attached hydrogen (secondary N) is 1. The molecule has 2 aromatic heterocycles. The Morgan fingerprint density at radius 1 is 1.13 bits per heavy atom. The second-order valence-corrected chi connectivity index (χ2v) is 7.10. The Labute approximate surface area is 189 Å². The van der Waals surface area contributed by atoms with E-state index < -0.39 is 0 Å². The van der Waals surface area contributed by atoms with Gasteiger partial charge < -0.3 is 19.9 Å². The first-order chi connectivity index (χ1) is 13.7. The highest BCUT2D eigenvalue weighted by molar-refractivity contribution is 5.88. The van der Waals surface area contributed by atoms with Crippen molar-refractivity contribution in [2.75, 3.05) is 56.7 Å². The van der Waals surface area contributed by atoms with Gasteiger partial charge in [-0.2, -0.15) is 15.1 Å². The van der Waals surface area contributed by atoms with Crippen LogP contribution in [0.4, 0.5) is 11.8 Å². The Balaban J connectivity index is 0.00000160. The molecule has 8 nitrogen and oxygen atoms in total. The quantitative estimate of drug-likeness (QED) is 0.614. The Hall–Kier alpha value is -2.29. The van der Waals surface area contributed by atoms with Crippen molar-refractivity contribution in [3.63, 3.8) is 0 Å². The Morgan fingerprint density at radius 3 is 2.60 bits per heavy atom. The van der Waals surface area contributed by atoms with Crippen LogP contribution in [0.25, 0.3) is 11.0 Å². The van der Waals surface area contributed by atoms with E-state index in [1.54, 1.807) is 0 Å². The van der Waals surface area contributed by atoms with Crippen molar-refractivity contribution >= 4 is 47.6 Å². The molecule has 1 aliphatic heterocycles. The van der Waals surface area contributed by atoms with E-state index in [0.717, 1.165) is 54.3 Å². The molecule has 0 spiro atoms. The molecule has 0 atom stereocenters. The summed E-state index contributed by atoms with van der Waals surface area (Å²) in [5, 5.41) is 9.02. The van der Waals surface area contributed by atoms with E-state index in [1.165, 1.54) is 0 Å². The van der Waals surface area contributed by atoms with Gasteiger partial charge in [0.2, 0.25) is 5.95 Å². The Bertz CT molecular complexity index is 957. The molecule has 1 fully saturated rings. The summed E-state index contributed by atoms with van der Waals surface area (Å²) in [6, 6.07) is 8.13. The lowest BCUT2D eigenvalue weighted by atomic mass is 10.2. The molecule has 3 heterocycles. The summed E-state index contributed by atoms with van der Waals surface area (Å²) in [5.74, 6) is 2.54. The first-order valence-corrected chi connectivity index (χ1v) is 9.74. The molecule has 0 aliphatic carbocycles. The lowest BCUT2D eigenvalue weighted by molar-refractivity contribution is 0.340. The fraction of sp³-hybridized carbons (Fsp3) is 0.450. The molecule has 0 saturated carbocycles. The third-order valence-corrected chi connectivity index (χ3v) is 4.82. The fourth-order valence-corrected chi connectivity index (χ4v) is 3.44. The molecule has 1 N–H and O–H groups in total. The van der Waals surface area contributed by atoms with Crippen LogP contribution in [0.3, 0.4) is 0 Å². The van der Waals surface area contributed by atoms with Crippen LogP contribution in [0.15, 0.2) is 30.5 Å². The lowest BCUT2D eigenvalue weighted by Gasteiger charge is -2.29. The van der Waals surface area contributed by atoms with E-state index >= 15 is 0 Å². The number of aromatic nitrogens is 4. The van der Waals surface area contributed by atoms with Crippen LogP contribution in [-0.4, -0.2) is 66.6 Å². The second kappa shape index (κ2) is 10.7. The maximum atomic E-state index is 5.63. The SMILES string of the molecule is CCOc1cccc(Cn2ncc3c(N4CCNCC4)nc(N(C)C)nc32)c1.Cl.Cl. The topological polar surface area (TPSA) is 71.3 Å². The molecule has 1 saturated heterocycles. The molecule has 0 bridgehead atoms. The summed E-state index contributed by atoms with van der Waals surface area (Å²) < 4.78 is 7.57. The predicted octanol–water partition coefficient (Wildman–Crippen LogP) is 2.59. The third kappa shape index (κ3) is 5.06. The van der Waals surface area contributed by atoms with Gasteiger partial charge in [-0.3, -0.25) is 0 Å². The van der Waals surface area contributed by atoms with E-state index in [2.05, 4.69) is 27.4 Å². The number of anilines is 2. The van der Waals surface area contributed by atoms with Crippen molar-refractivity contribution < 1.29 is 4.74 Å². The number of hydrogen-bond donors (Lipinski definition) is 1. The van der Waals surface area contributed by atoms with Crippen LogP contribution >= 0.6 is 24.8 Å². The predicted molar refractivity (Wildman–Crippen MR) is 126 cm³/mol. The second-order valence-electron chi connectivity index (χ2n) is 7.10. The summed E-state index contributed by atoms with van der Waals surface area (Å²) in [6.07, 6.45) is 1.89. The highest BCUT2D eigenvalue weighted by Crippen LogP contribution is 2.27. The van der Waals surface area contributed by atoms with Gasteiger partial charge in [-0.05, 0) is 24.6 Å². The molecule has 3 aromatic rings. The van der Waals surface area contributed by atoms with Crippen molar-refractivity contribution in [3.8, 4) is 5.75 Å². The van der Waals surface area contributed by atoms with Crippen molar-refractivity contribution in [1.29, 1.82) is 0 Å². The standard InChI is InChI=1S/C20H27N7O.2ClH/c1-4-28-16-7-5-6-15(12-16)14-27-19-17(13-22-27)18(23-20(24-19)25(2)3)26-10-8-21-9-11-26;;/h5-7,12-13,21H,4,8-11,14H2,1-3H3;2*1H. The smallest absolute Gasteiger partial charge is 0.228 e. The van der Waals surface area contributed by atoms with Gasteiger partial charge in [0.15, 0.2) is 5.65 Å². The molecule has 0 amide bonds. The minimum absolute atomic E-state index is 0. The molecule has 4 rings (SSSR count). The zero-order chi connectivity index (χ0) is 19.5. The molecular weight excluding hydrogens is 425 g/mol. The zero-order valence-corrected chi connectivity index (χ0v) is 19.2. The summed E-state index contributed by atoms with van der Waals surface area (Å²) in [7, 11) is 3.93. The lowest BCUT2D eigenvalue weighted by Crippen LogP contribution is -2.44. The molecule has 1 aromatic carbocycles. The minimum atomic E-state index is 0. The fourth-order valence-electron chi connectivity index (χ4n) is 3.44. The number of benzene rings is 1. The van der Waals surface area contributed by atoms with Crippen LogP contribution in [-0.2, 0) is 6.54 Å². The van der Waals surface area contributed by atoms with Crippen LogP contribution in [0.2, 0.25) is 0 Å². The van der Waals surface area contributed by atoms with Crippen molar-refractivity contribution in [2.24, 2.45) is 0 Å². The van der Waals surface area contributed by atoms with Gasteiger partial charge in [0.25, 0.3) is 0 Å². The highest BCUT2D eigenvalue weighted by atomic mass is 35.5. The molecular formula is C20H29Cl2N7O. The number of hydrogen-bond acceptors (Lipinski definition) is 7. The summed E-state index contributed by atoms with van der Waals surface area (Å²) in [5.41, 5.74) is 1.98.